The van der Waals surface area contributed by atoms with Crippen LogP contribution in [0.3, 0.4) is 0 Å². The predicted octanol–water partition coefficient (Wildman–Crippen LogP) is 3.35. The van der Waals surface area contributed by atoms with Gasteiger partial charge in [-0.3, -0.25) is 9.59 Å². The van der Waals surface area contributed by atoms with Crippen LogP contribution in [0.4, 0.5) is 5.82 Å². The monoisotopic (exact) mass is 424 g/mol. The van der Waals surface area contributed by atoms with Gasteiger partial charge in [0.25, 0.3) is 11.5 Å². The zero-order valence-electron chi connectivity index (χ0n) is 16.8. The van der Waals surface area contributed by atoms with Crippen molar-refractivity contribution < 1.29 is 4.79 Å². The Balaban J connectivity index is 1.79. The summed E-state index contributed by atoms with van der Waals surface area (Å²) in [6.07, 6.45) is 3.24. The highest BCUT2D eigenvalue weighted by Gasteiger charge is 2.23. The third-order valence-electron chi connectivity index (χ3n) is 5.02. The largest absolute Gasteiger partial charge is 0.381 e. The van der Waals surface area contributed by atoms with Crippen molar-refractivity contribution in [1.82, 2.24) is 24.5 Å². The standard InChI is InChI=1S/C21H21ClN6O2/c1-11(2)28-15(10-13-6-4-7-14(22)16(13)21(28)30)12(3)25-20(29)17-18(23)26-27-9-5-8-24-19(17)27/h4-12H,1-3H3,(H2,23,26)(H,25,29). The molecule has 9 heteroatoms. The van der Waals surface area contributed by atoms with E-state index < -0.39 is 11.9 Å². The lowest BCUT2D eigenvalue weighted by Gasteiger charge is -2.23. The van der Waals surface area contributed by atoms with Crippen LogP contribution in [0.25, 0.3) is 16.4 Å². The second-order valence-electron chi connectivity index (χ2n) is 7.39. The van der Waals surface area contributed by atoms with Crippen LogP contribution in [0.2, 0.25) is 5.02 Å². The molecule has 154 valence electrons. The Bertz CT molecular complexity index is 1340. The Labute approximate surface area is 177 Å². The molecule has 1 amide bonds. The Morgan fingerprint density at radius 3 is 2.73 bits per heavy atom. The van der Waals surface area contributed by atoms with Gasteiger partial charge in [-0.15, -0.1) is 5.10 Å². The third kappa shape index (κ3) is 3.19. The van der Waals surface area contributed by atoms with Crippen LogP contribution < -0.4 is 16.6 Å². The van der Waals surface area contributed by atoms with Gasteiger partial charge in [-0.05, 0) is 44.4 Å². The van der Waals surface area contributed by atoms with E-state index in [0.29, 0.717) is 21.7 Å². The van der Waals surface area contributed by atoms with Gasteiger partial charge in [0.1, 0.15) is 5.56 Å². The fraction of sp³-hybridized carbons (Fsp3) is 0.238. The van der Waals surface area contributed by atoms with E-state index in [-0.39, 0.29) is 23.0 Å². The van der Waals surface area contributed by atoms with Crippen molar-refractivity contribution in [3.05, 3.63) is 69.4 Å². The molecule has 1 atom stereocenters. The number of nitrogen functional groups attached to an aromatic ring is 1. The molecule has 0 fully saturated rings. The van der Waals surface area contributed by atoms with Gasteiger partial charge >= 0.3 is 0 Å². The molecule has 0 aliphatic heterocycles. The molecule has 0 aliphatic rings. The molecule has 0 saturated carbocycles. The number of benzene rings is 1. The summed E-state index contributed by atoms with van der Waals surface area (Å²) < 4.78 is 3.11. The van der Waals surface area contributed by atoms with Gasteiger partial charge in [0, 0.05) is 24.1 Å². The normalized spacial score (nSPS) is 12.6. The zero-order valence-corrected chi connectivity index (χ0v) is 17.5. The number of anilines is 1. The summed E-state index contributed by atoms with van der Waals surface area (Å²) in [6.45, 7) is 5.64. The first-order valence-electron chi connectivity index (χ1n) is 9.53. The van der Waals surface area contributed by atoms with Gasteiger partial charge < -0.3 is 15.6 Å². The quantitative estimate of drug-likeness (QED) is 0.522. The van der Waals surface area contributed by atoms with Gasteiger partial charge in [0.15, 0.2) is 11.5 Å². The fourth-order valence-electron chi connectivity index (χ4n) is 3.68. The van der Waals surface area contributed by atoms with Crippen molar-refractivity contribution in [2.24, 2.45) is 0 Å². The average molecular weight is 425 g/mol. The van der Waals surface area contributed by atoms with Crippen molar-refractivity contribution in [3.8, 4) is 0 Å². The number of aromatic nitrogens is 4. The SMILES string of the molecule is CC(NC(=O)c1c(N)nn2cccnc12)c1cc2cccc(Cl)c2c(=O)n1C(C)C. The van der Waals surface area contributed by atoms with E-state index in [2.05, 4.69) is 15.4 Å². The molecule has 0 aliphatic carbocycles. The maximum absolute atomic E-state index is 13.2. The Morgan fingerprint density at radius 2 is 2.00 bits per heavy atom. The minimum absolute atomic E-state index is 0.0879. The first-order chi connectivity index (χ1) is 14.3. The number of rotatable bonds is 4. The molecule has 3 aromatic heterocycles. The van der Waals surface area contributed by atoms with Crippen LogP contribution in [0, 0.1) is 0 Å². The minimum atomic E-state index is -0.478. The summed E-state index contributed by atoms with van der Waals surface area (Å²) in [6, 6.07) is 8.30. The number of nitrogens with two attached hydrogens (primary N) is 1. The third-order valence-corrected chi connectivity index (χ3v) is 5.33. The maximum atomic E-state index is 13.2. The lowest BCUT2D eigenvalue weighted by molar-refractivity contribution is 0.0940. The Hall–Kier alpha value is -3.39. The predicted molar refractivity (Wildman–Crippen MR) is 117 cm³/mol. The maximum Gasteiger partial charge on any atom is 0.260 e. The summed E-state index contributed by atoms with van der Waals surface area (Å²) in [5, 5.41) is 8.64. The number of nitrogens with zero attached hydrogens (tertiary/aromatic N) is 4. The number of amides is 1. The summed E-state index contributed by atoms with van der Waals surface area (Å²) in [7, 11) is 0. The number of carbonyl (C=O) groups excluding carboxylic acids is 1. The Morgan fingerprint density at radius 1 is 1.23 bits per heavy atom. The average Bonchev–Trinajstić information content (AvgIpc) is 3.03. The summed E-state index contributed by atoms with van der Waals surface area (Å²) in [5.74, 6) is -0.326. The molecular formula is C21H21ClN6O2. The van der Waals surface area contributed by atoms with Crippen molar-refractivity contribution in [2.45, 2.75) is 32.9 Å². The molecule has 0 spiro atoms. The smallest absolute Gasteiger partial charge is 0.260 e. The summed E-state index contributed by atoms with van der Waals surface area (Å²) in [5.41, 5.74) is 7.00. The number of hydrogen-bond acceptors (Lipinski definition) is 5. The lowest BCUT2D eigenvalue weighted by Crippen LogP contribution is -2.33. The van der Waals surface area contributed by atoms with Gasteiger partial charge in [-0.2, -0.15) is 0 Å². The number of hydrogen-bond donors (Lipinski definition) is 2. The minimum Gasteiger partial charge on any atom is -0.381 e. The van der Waals surface area contributed by atoms with E-state index in [4.69, 9.17) is 17.3 Å². The molecule has 0 bridgehead atoms. The molecule has 0 saturated heterocycles. The van der Waals surface area contributed by atoms with Crippen molar-refractivity contribution >= 4 is 39.7 Å². The second-order valence-corrected chi connectivity index (χ2v) is 7.79. The van der Waals surface area contributed by atoms with E-state index >= 15 is 0 Å². The number of halogens is 1. The first-order valence-corrected chi connectivity index (χ1v) is 9.90. The van der Waals surface area contributed by atoms with E-state index in [1.165, 1.54) is 4.52 Å². The van der Waals surface area contributed by atoms with Crippen molar-refractivity contribution in [1.29, 1.82) is 0 Å². The molecule has 1 unspecified atom stereocenters. The molecule has 8 nitrogen and oxygen atoms in total. The summed E-state index contributed by atoms with van der Waals surface area (Å²) in [4.78, 5) is 30.4. The van der Waals surface area contributed by atoms with Gasteiger partial charge in [-0.1, -0.05) is 23.7 Å². The summed E-state index contributed by atoms with van der Waals surface area (Å²) >= 11 is 6.28. The molecule has 3 heterocycles. The highest BCUT2D eigenvalue weighted by molar-refractivity contribution is 6.35. The van der Waals surface area contributed by atoms with Gasteiger partial charge in [0.2, 0.25) is 0 Å². The van der Waals surface area contributed by atoms with Gasteiger partial charge in [0.05, 0.1) is 16.5 Å². The zero-order chi connectivity index (χ0) is 21.6. The molecular weight excluding hydrogens is 404 g/mol. The first kappa shape index (κ1) is 19.9. The van der Waals surface area contributed by atoms with E-state index in [1.54, 1.807) is 35.2 Å². The van der Waals surface area contributed by atoms with E-state index in [1.807, 2.05) is 32.9 Å². The number of carbonyl (C=O) groups is 1. The van der Waals surface area contributed by atoms with Crippen molar-refractivity contribution in [3.63, 3.8) is 0 Å². The van der Waals surface area contributed by atoms with E-state index in [0.717, 1.165) is 5.39 Å². The van der Waals surface area contributed by atoms with Crippen LogP contribution in [0.15, 0.2) is 47.5 Å². The number of fused-ring (bicyclic) bond motifs is 2. The second kappa shape index (κ2) is 7.46. The van der Waals surface area contributed by atoms with Crippen LogP contribution in [0.1, 0.15) is 48.9 Å². The number of pyridine rings is 1. The van der Waals surface area contributed by atoms with Crippen LogP contribution >= 0.6 is 11.6 Å². The highest BCUT2D eigenvalue weighted by atomic mass is 35.5. The topological polar surface area (TPSA) is 107 Å². The van der Waals surface area contributed by atoms with E-state index in [9.17, 15) is 9.59 Å². The molecule has 3 N–H and O–H groups in total. The van der Waals surface area contributed by atoms with Crippen molar-refractivity contribution in [2.75, 3.05) is 5.73 Å². The highest BCUT2D eigenvalue weighted by Crippen LogP contribution is 2.26. The molecule has 0 radical (unpaired) electrons. The Kier molecular flexibility index (Phi) is 4.95. The molecule has 30 heavy (non-hydrogen) atoms. The number of nitrogens with one attached hydrogen (secondary N) is 1. The van der Waals surface area contributed by atoms with Crippen LogP contribution in [-0.4, -0.2) is 25.1 Å². The molecule has 4 aromatic rings. The lowest BCUT2D eigenvalue weighted by atomic mass is 10.1. The molecule has 4 rings (SSSR count). The molecule has 1 aromatic carbocycles. The van der Waals surface area contributed by atoms with Crippen LogP contribution in [0.5, 0.6) is 0 Å². The van der Waals surface area contributed by atoms with Crippen LogP contribution in [-0.2, 0) is 0 Å². The van der Waals surface area contributed by atoms with Gasteiger partial charge in [-0.25, -0.2) is 9.50 Å². The fourth-order valence-corrected chi connectivity index (χ4v) is 3.95.